The number of benzene rings is 2. The average Bonchev–Trinajstić information content (AvgIpc) is 2.75. The van der Waals surface area contributed by atoms with E-state index in [1.54, 1.807) is 18.3 Å². The maximum absolute atomic E-state index is 12.2. The zero-order chi connectivity index (χ0) is 21.3. The smallest absolute Gasteiger partial charge is 0.323 e. The third kappa shape index (κ3) is 6.48. The van der Waals surface area contributed by atoms with Gasteiger partial charge in [-0.25, -0.2) is 10.6 Å². The van der Waals surface area contributed by atoms with Crippen LogP contribution in [0.2, 0.25) is 0 Å². The summed E-state index contributed by atoms with van der Waals surface area (Å²) in [6, 6.07) is 14.6. The molecule has 8 heteroatoms. The minimum atomic E-state index is -0.297. The van der Waals surface area contributed by atoms with Crippen molar-refractivity contribution in [2.45, 2.75) is 13.3 Å². The molecule has 1 aliphatic rings. The zero-order valence-corrected chi connectivity index (χ0v) is 17.3. The predicted molar refractivity (Wildman–Crippen MR) is 121 cm³/mol. The highest BCUT2D eigenvalue weighted by atomic mass is 16.5. The highest BCUT2D eigenvalue weighted by Crippen LogP contribution is 2.18. The van der Waals surface area contributed by atoms with Crippen LogP contribution in [0.15, 0.2) is 60.4 Å². The number of hydrogen-bond donors (Lipinski definition) is 4. The summed E-state index contributed by atoms with van der Waals surface area (Å²) < 4.78 is 5.35. The fourth-order valence-corrected chi connectivity index (χ4v) is 3.14. The van der Waals surface area contributed by atoms with E-state index in [-0.39, 0.29) is 6.03 Å². The van der Waals surface area contributed by atoms with Crippen LogP contribution in [-0.2, 0) is 4.74 Å². The molecule has 0 aliphatic carbocycles. The molecule has 0 saturated carbocycles. The second-order valence-corrected chi connectivity index (χ2v) is 7.26. The van der Waals surface area contributed by atoms with Crippen LogP contribution < -0.4 is 27.2 Å². The van der Waals surface area contributed by atoms with E-state index in [4.69, 9.17) is 16.3 Å². The molecule has 0 unspecified atom stereocenters. The molecule has 1 saturated heterocycles. The first-order chi connectivity index (χ1) is 14.5. The van der Waals surface area contributed by atoms with Crippen molar-refractivity contribution in [3.8, 4) is 0 Å². The first-order valence-corrected chi connectivity index (χ1v) is 10.0. The van der Waals surface area contributed by atoms with E-state index in [9.17, 15) is 4.79 Å². The summed E-state index contributed by atoms with van der Waals surface area (Å²) in [4.78, 5) is 14.5. The number of anilines is 3. The first kappa shape index (κ1) is 21.6. The second kappa shape index (κ2) is 10.6. The molecule has 2 aromatic carbocycles. The highest BCUT2D eigenvalue weighted by Gasteiger charge is 2.10. The molecule has 1 fully saturated rings. The van der Waals surface area contributed by atoms with Gasteiger partial charge in [-0.2, -0.15) is 0 Å². The largest absolute Gasteiger partial charge is 0.401 e. The van der Waals surface area contributed by atoms with E-state index >= 15 is 0 Å². The second-order valence-electron chi connectivity index (χ2n) is 7.26. The number of carbonyl (C=O) groups is 1. The number of morpholine rings is 1. The van der Waals surface area contributed by atoms with E-state index in [2.05, 4.69) is 15.5 Å². The van der Waals surface area contributed by atoms with Crippen LogP contribution in [0.3, 0.4) is 0 Å². The Kier molecular flexibility index (Phi) is 7.67. The van der Waals surface area contributed by atoms with E-state index < -0.39 is 0 Å². The lowest BCUT2D eigenvalue weighted by atomic mass is 10.2. The minimum absolute atomic E-state index is 0.297. The molecule has 0 spiro atoms. The molecule has 1 heterocycles. The van der Waals surface area contributed by atoms with E-state index in [1.165, 1.54) is 5.01 Å². The normalized spacial score (nSPS) is 14.9. The fraction of sp³-hybridized carbons (Fsp3) is 0.318. The van der Waals surface area contributed by atoms with Crippen molar-refractivity contribution in [1.82, 2.24) is 4.90 Å². The maximum Gasteiger partial charge on any atom is 0.323 e. The van der Waals surface area contributed by atoms with Gasteiger partial charge >= 0.3 is 6.03 Å². The summed E-state index contributed by atoms with van der Waals surface area (Å²) in [7, 11) is 0. The number of ether oxygens (including phenoxy) is 1. The SMILES string of the molecule is Cc1ccccc1NC(=O)Nc1ccc(N(N)/C=C(\N)CCN2CCOCC2)cc1. The van der Waals surface area contributed by atoms with Gasteiger partial charge in [0.1, 0.15) is 0 Å². The van der Waals surface area contributed by atoms with Crippen molar-refractivity contribution in [2.75, 3.05) is 48.5 Å². The number of urea groups is 1. The predicted octanol–water partition coefficient (Wildman–Crippen LogP) is 2.84. The van der Waals surface area contributed by atoms with Crippen molar-refractivity contribution in [3.63, 3.8) is 0 Å². The number of nitrogens with two attached hydrogens (primary N) is 2. The maximum atomic E-state index is 12.2. The molecule has 1 aliphatic heterocycles. The summed E-state index contributed by atoms with van der Waals surface area (Å²) >= 11 is 0. The number of amides is 2. The first-order valence-electron chi connectivity index (χ1n) is 10.0. The lowest BCUT2D eigenvalue weighted by Gasteiger charge is -2.26. The van der Waals surface area contributed by atoms with Gasteiger partial charge in [-0.3, -0.25) is 9.91 Å². The Labute approximate surface area is 177 Å². The summed E-state index contributed by atoms with van der Waals surface area (Å²) in [5.74, 6) is 6.12. The molecule has 0 atom stereocenters. The molecule has 8 nitrogen and oxygen atoms in total. The highest BCUT2D eigenvalue weighted by molar-refractivity contribution is 6.00. The molecular weight excluding hydrogens is 380 g/mol. The van der Waals surface area contributed by atoms with E-state index in [0.717, 1.165) is 56.2 Å². The molecule has 30 heavy (non-hydrogen) atoms. The molecule has 160 valence electrons. The summed E-state index contributed by atoms with van der Waals surface area (Å²) in [6.45, 7) is 6.25. The van der Waals surface area contributed by atoms with Crippen LogP contribution in [0.4, 0.5) is 21.9 Å². The van der Waals surface area contributed by atoms with Crippen molar-refractivity contribution < 1.29 is 9.53 Å². The van der Waals surface area contributed by atoms with Gasteiger partial charge in [0.05, 0.1) is 18.9 Å². The monoisotopic (exact) mass is 410 g/mol. The summed E-state index contributed by atoms with van der Waals surface area (Å²) in [5, 5.41) is 7.15. The van der Waals surface area contributed by atoms with Crippen LogP contribution >= 0.6 is 0 Å². The Hall–Kier alpha value is -3.07. The standard InChI is InChI=1S/C22H30N6O2/c1-17-4-2-3-5-21(17)26-22(29)25-19-6-8-20(9-7-19)28(24)16-18(23)10-11-27-12-14-30-15-13-27/h2-9,16H,10-15,23-24H2,1H3,(H2,25,26,29)/b18-16-. The van der Waals surface area contributed by atoms with Crippen LogP contribution in [0.1, 0.15) is 12.0 Å². The Morgan fingerprint density at radius 3 is 2.53 bits per heavy atom. The fourth-order valence-electron chi connectivity index (χ4n) is 3.14. The Morgan fingerprint density at radius 1 is 1.13 bits per heavy atom. The third-order valence-corrected chi connectivity index (χ3v) is 4.94. The lowest BCUT2D eigenvalue weighted by molar-refractivity contribution is 0.0384. The van der Waals surface area contributed by atoms with Crippen molar-refractivity contribution >= 4 is 23.1 Å². The third-order valence-electron chi connectivity index (χ3n) is 4.94. The van der Waals surface area contributed by atoms with Gasteiger partial charge in [0.15, 0.2) is 0 Å². The van der Waals surface area contributed by atoms with Crippen LogP contribution in [0.25, 0.3) is 0 Å². The van der Waals surface area contributed by atoms with E-state index in [0.29, 0.717) is 11.4 Å². The number of hydrogen-bond acceptors (Lipinski definition) is 6. The number of para-hydroxylation sites is 1. The van der Waals surface area contributed by atoms with Gasteiger partial charge in [-0.1, -0.05) is 18.2 Å². The van der Waals surface area contributed by atoms with Crippen molar-refractivity contribution in [2.24, 2.45) is 11.6 Å². The number of nitrogens with one attached hydrogen (secondary N) is 2. The number of aryl methyl sites for hydroxylation is 1. The van der Waals surface area contributed by atoms with Gasteiger partial charge in [-0.05, 0) is 42.8 Å². The number of rotatable bonds is 7. The van der Waals surface area contributed by atoms with Crippen LogP contribution in [-0.4, -0.2) is 43.8 Å². The quantitative estimate of drug-likeness (QED) is 0.413. The Balaban J connectivity index is 1.50. The Morgan fingerprint density at radius 2 is 1.83 bits per heavy atom. The molecule has 2 amide bonds. The van der Waals surface area contributed by atoms with Gasteiger partial charge in [0.25, 0.3) is 0 Å². The molecular formula is C22H30N6O2. The molecule has 0 bridgehead atoms. The number of hydrazine groups is 1. The Bertz CT molecular complexity index is 862. The minimum Gasteiger partial charge on any atom is -0.401 e. The number of carbonyl (C=O) groups excluding carboxylic acids is 1. The van der Waals surface area contributed by atoms with Gasteiger partial charge < -0.3 is 21.1 Å². The van der Waals surface area contributed by atoms with Gasteiger partial charge in [0, 0.05) is 49.3 Å². The topological polar surface area (TPSA) is 109 Å². The zero-order valence-electron chi connectivity index (χ0n) is 17.3. The number of nitrogens with zero attached hydrogens (tertiary/aromatic N) is 2. The van der Waals surface area contributed by atoms with Gasteiger partial charge in [-0.15, -0.1) is 0 Å². The average molecular weight is 411 g/mol. The molecule has 3 rings (SSSR count). The summed E-state index contributed by atoms with van der Waals surface area (Å²) in [6.07, 6.45) is 2.47. The van der Waals surface area contributed by atoms with Crippen molar-refractivity contribution in [1.29, 1.82) is 0 Å². The van der Waals surface area contributed by atoms with Gasteiger partial charge in [0.2, 0.25) is 0 Å². The summed E-state index contributed by atoms with van der Waals surface area (Å²) in [5.41, 5.74) is 10.1. The van der Waals surface area contributed by atoms with Crippen LogP contribution in [0, 0.1) is 6.92 Å². The molecule has 2 aromatic rings. The van der Waals surface area contributed by atoms with Crippen molar-refractivity contribution in [3.05, 3.63) is 66.0 Å². The van der Waals surface area contributed by atoms with Crippen LogP contribution in [0.5, 0.6) is 0 Å². The molecule has 0 aromatic heterocycles. The lowest BCUT2D eigenvalue weighted by Crippen LogP contribution is -2.37. The molecule has 6 N–H and O–H groups in total. The molecule has 0 radical (unpaired) electrons. The van der Waals surface area contributed by atoms with E-state index in [1.807, 2.05) is 43.3 Å².